The number of nitriles is 1. The number of rotatable bonds is 4. The molecule has 1 saturated heterocycles. The number of halogens is 3. The first kappa shape index (κ1) is 22.2. The van der Waals surface area contributed by atoms with Gasteiger partial charge in [0.1, 0.15) is 11.5 Å². The number of piperazine rings is 1. The summed E-state index contributed by atoms with van der Waals surface area (Å²) in [6, 6.07) is 10.2. The molecular weight excluding hydrogens is 441 g/mol. The number of benzene rings is 1. The summed E-state index contributed by atoms with van der Waals surface area (Å²) < 4.78 is 44.5. The number of nitrogens with zero attached hydrogens (tertiary/aromatic N) is 4. The van der Waals surface area contributed by atoms with Gasteiger partial charge in [-0.2, -0.15) is 23.4 Å². The molecule has 0 atom stereocenters. The SMILES string of the molecule is N#CCCN1CCN(C2=NC(=O)/C(=C\c3ccc(-c4cccc(C(F)(F)F)c4)o3)S2)CC1. The number of aliphatic imine (C=N–C) groups is 1. The van der Waals surface area contributed by atoms with Crippen LogP contribution in [0.5, 0.6) is 0 Å². The van der Waals surface area contributed by atoms with Crippen LogP contribution in [0, 0.1) is 11.3 Å². The highest BCUT2D eigenvalue weighted by atomic mass is 32.2. The smallest absolute Gasteiger partial charge is 0.416 e. The van der Waals surface area contributed by atoms with E-state index in [9.17, 15) is 18.0 Å². The average Bonchev–Trinajstić information content (AvgIpc) is 3.39. The van der Waals surface area contributed by atoms with Crippen molar-refractivity contribution in [3.8, 4) is 17.4 Å². The zero-order valence-corrected chi connectivity index (χ0v) is 17.7. The third-order valence-corrected chi connectivity index (χ3v) is 6.21. The van der Waals surface area contributed by atoms with Crippen molar-refractivity contribution in [1.29, 1.82) is 5.26 Å². The molecule has 166 valence electrons. The van der Waals surface area contributed by atoms with Crippen molar-refractivity contribution in [2.24, 2.45) is 4.99 Å². The highest BCUT2D eigenvalue weighted by molar-refractivity contribution is 8.18. The monoisotopic (exact) mass is 460 g/mol. The molecule has 0 aliphatic carbocycles. The van der Waals surface area contributed by atoms with E-state index < -0.39 is 11.7 Å². The summed E-state index contributed by atoms with van der Waals surface area (Å²) in [7, 11) is 0. The van der Waals surface area contributed by atoms with E-state index >= 15 is 0 Å². The minimum Gasteiger partial charge on any atom is -0.457 e. The first-order chi connectivity index (χ1) is 15.3. The number of alkyl halides is 3. The fraction of sp³-hybridized carbons (Fsp3) is 0.318. The lowest BCUT2D eigenvalue weighted by Crippen LogP contribution is -2.47. The zero-order valence-electron chi connectivity index (χ0n) is 16.9. The summed E-state index contributed by atoms with van der Waals surface area (Å²) >= 11 is 1.26. The summed E-state index contributed by atoms with van der Waals surface area (Å²) in [5.74, 6) is 0.285. The van der Waals surface area contributed by atoms with Crippen molar-refractivity contribution in [2.75, 3.05) is 32.7 Å². The molecule has 0 N–H and O–H groups in total. The normalized spacial score (nSPS) is 18.8. The number of amidine groups is 1. The van der Waals surface area contributed by atoms with Gasteiger partial charge in [0, 0.05) is 50.8 Å². The Labute approximate surface area is 187 Å². The van der Waals surface area contributed by atoms with Crippen LogP contribution in [-0.4, -0.2) is 53.6 Å². The molecule has 0 saturated carbocycles. The van der Waals surface area contributed by atoms with E-state index in [4.69, 9.17) is 9.68 Å². The van der Waals surface area contributed by atoms with Gasteiger partial charge in [-0.15, -0.1) is 0 Å². The van der Waals surface area contributed by atoms with Crippen molar-refractivity contribution in [2.45, 2.75) is 12.6 Å². The molecule has 4 rings (SSSR count). The van der Waals surface area contributed by atoms with Gasteiger partial charge in [-0.3, -0.25) is 9.69 Å². The molecule has 10 heteroatoms. The standard InChI is InChI=1S/C22H19F3N4O2S/c23-22(24,25)16-4-1-3-15(13-16)18-6-5-17(31-18)14-19-20(30)27-21(32-19)29-11-9-28(10-12-29)8-2-7-26/h1,3-6,13-14H,2,8-12H2/b19-14+. The van der Waals surface area contributed by atoms with Crippen LogP contribution in [0.25, 0.3) is 17.4 Å². The maximum Gasteiger partial charge on any atom is 0.416 e. The molecule has 2 aliphatic rings. The summed E-state index contributed by atoms with van der Waals surface area (Å²) in [5.41, 5.74) is -0.445. The molecule has 0 bridgehead atoms. The lowest BCUT2D eigenvalue weighted by molar-refractivity contribution is -0.137. The van der Waals surface area contributed by atoms with E-state index in [1.165, 1.54) is 23.9 Å². The number of amides is 1. The molecule has 0 radical (unpaired) electrons. The molecule has 1 amide bonds. The number of carbonyl (C=O) groups excluding carboxylic acids is 1. The van der Waals surface area contributed by atoms with Gasteiger partial charge in [-0.25, -0.2) is 0 Å². The third kappa shape index (κ3) is 5.06. The fourth-order valence-corrected chi connectivity index (χ4v) is 4.41. The Morgan fingerprint density at radius 1 is 1.19 bits per heavy atom. The number of furan rings is 1. The molecule has 6 nitrogen and oxygen atoms in total. The Hall–Kier alpha value is -3.03. The maximum atomic E-state index is 13.0. The second-order valence-corrected chi connectivity index (χ2v) is 8.34. The maximum absolute atomic E-state index is 13.0. The Morgan fingerprint density at radius 3 is 2.69 bits per heavy atom. The molecule has 1 aromatic carbocycles. The van der Waals surface area contributed by atoms with Crippen LogP contribution in [-0.2, 0) is 11.0 Å². The van der Waals surface area contributed by atoms with Gasteiger partial charge in [-0.05, 0) is 36.0 Å². The molecule has 2 aromatic rings. The topological polar surface area (TPSA) is 72.8 Å². The Morgan fingerprint density at radius 2 is 1.97 bits per heavy atom. The Bertz CT molecular complexity index is 1110. The predicted octanol–water partition coefficient (Wildman–Crippen LogP) is 4.47. The summed E-state index contributed by atoms with van der Waals surface area (Å²) in [6.45, 7) is 3.78. The van der Waals surface area contributed by atoms with Gasteiger partial charge in [0.05, 0.1) is 16.5 Å². The number of hydrogen-bond acceptors (Lipinski definition) is 6. The van der Waals surface area contributed by atoms with Crippen molar-refractivity contribution >= 4 is 28.9 Å². The first-order valence-corrected chi connectivity index (χ1v) is 10.8. The average molecular weight is 460 g/mol. The Kier molecular flexibility index (Phi) is 6.39. The van der Waals surface area contributed by atoms with E-state index in [2.05, 4.69) is 16.0 Å². The number of carbonyl (C=O) groups is 1. The molecule has 0 spiro atoms. The van der Waals surface area contributed by atoms with E-state index in [1.807, 2.05) is 4.90 Å². The van der Waals surface area contributed by atoms with Crippen LogP contribution in [0.4, 0.5) is 13.2 Å². The second kappa shape index (κ2) is 9.22. The Balaban J connectivity index is 1.42. The van der Waals surface area contributed by atoms with Gasteiger partial charge in [0.15, 0.2) is 5.17 Å². The molecule has 2 aliphatic heterocycles. The molecule has 1 fully saturated rings. The first-order valence-electron chi connectivity index (χ1n) is 9.98. The summed E-state index contributed by atoms with van der Waals surface area (Å²) in [4.78, 5) is 21.1. The minimum absolute atomic E-state index is 0.285. The third-order valence-electron chi connectivity index (χ3n) is 5.17. The van der Waals surface area contributed by atoms with Crippen molar-refractivity contribution < 1.29 is 22.4 Å². The number of thioether (sulfide) groups is 1. The lowest BCUT2D eigenvalue weighted by Gasteiger charge is -2.34. The van der Waals surface area contributed by atoms with Crippen molar-refractivity contribution in [3.63, 3.8) is 0 Å². The van der Waals surface area contributed by atoms with Gasteiger partial charge < -0.3 is 9.32 Å². The molecule has 1 aromatic heterocycles. The van der Waals surface area contributed by atoms with Crippen LogP contribution >= 0.6 is 11.8 Å². The lowest BCUT2D eigenvalue weighted by atomic mass is 10.1. The zero-order chi connectivity index (χ0) is 22.7. The summed E-state index contributed by atoms with van der Waals surface area (Å²) in [5, 5.41) is 9.34. The highest BCUT2D eigenvalue weighted by Crippen LogP contribution is 2.34. The molecule has 0 unspecified atom stereocenters. The largest absolute Gasteiger partial charge is 0.457 e. The van der Waals surface area contributed by atoms with Crippen molar-refractivity contribution in [3.05, 3.63) is 52.6 Å². The van der Waals surface area contributed by atoms with E-state index in [-0.39, 0.29) is 11.7 Å². The minimum atomic E-state index is -4.44. The van der Waals surface area contributed by atoms with E-state index in [0.29, 0.717) is 27.8 Å². The molecular formula is C22H19F3N4O2S. The van der Waals surface area contributed by atoms with E-state index in [0.717, 1.165) is 44.9 Å². The predicted molar refractivity (Wildman–Crippen MR) is 115 cm³/mol. The number of hydrogen-bond donors (Lipinski definition) is 0. The van der Waals surface area contributed by atoms with Crippen LogP contribution < -0.4 is 0 Å². The van der Waals surface area contributed by atoms with Gasteiger partial charge in [0.25, 0.3) is 5.91 Å². The van der Waals surface area contributed by atoms with Gasteiger partial charge in [0.2, 0.25) is 0 Å². The quantitative estimate of drug-likeness (QED) is 0.627. The van der Waals surface area contributed by atoms with Gasteiger partial charge in [-0.1, -0.05) is 12.1 Å². The fourth-order valence-electron chi connectivity index (χ4n) is 3.47. The van der Waals surface area contributed by atoms with Gasteiger partial charge >= 0.3 is 6.18 Å². The summed E-state index contributed by atoms with van der Waals surface area (Å²) in [6.07, 6.45) is -2.38. The van der Waals surface area contributed by atoms with Crippen LogP contribution in [0.3, 0.4) is 0 Å². The second-order valence-electron chi connectivity index (χ2n) is 7.33. The molecule has 32 heavy (non-hydrogen) atoms. The highest BCUT2D eigenvalue weighted by Gasteiger charge is 2.31. The van der Waals surface area contributed by atoms with Crippen LogP contribution in [0.1, 0.15) is 17.7 Å². The van der Waals surface area contributed by atoms with Crippen molar-refractivity contribution in [1.82, 2.24) is 9.80 Å². The van der Waals surface area contributed by atoms with Crippen LogP contribution in [0.2, 0.25) is 0 Å². The molecule has 3 heterocycles. The van der Waals surface area contributed by atoms with Crippen LogP contribution in [0.15, 0.2) is 50.7 Å². The van der Waals surface area contributed by atoms with E-state index in [1.54, 1.807) is 18.2 Å².